The van der Waals surface area contributed by atoms with Crippen LogP contribution < -0.4 is 5.32 Å². The standard InChI is InChI=1S/C18H25NO3/c1-13(2)22-17(20)12-16(14-8-4-3-5-9-14)19-18(21)15-10-6-7-11-15/h3-5,8-9,13,15-16H,6-7,10-12H2,1-2H3,(H,19,21). The molecule has 1 amide bonds. The number of nitrogens with one attached hydrogen (secondary N) is 1. The summed E-state index contributed by atoms with van der Waals surface area (Å²) in [5.41, 5.74) is 0.939. The van der Waals surface area contributed by atoms with E-state index in [0.29, 0.717) is 0 Å². The molecule has 1 saturated carbocycles. The molecule has 4 nitrogen and oxygen atoms in total. The van der Waals surface area contributed by atoms with Gasteiger partial charge in [0.2, 0.25) is 5.91 Å². The molecule has 0 spiro atoms. The molecular weight excluding hydrogens is 278 g/mol. The van der Waals surface area contributed by atoms with Crippen molar-refractivity contribution in [2.24, 2.45) is 5.92 Å². The van der Waals surface area contributed by atoms with Gasteiger partial charge in [0.15, 0.2) is 0 Å². The number of ether oxygens (including phenoxy) is 1. The van der Waals surface area contributed by atoms with Gasteiger partial charge in [-0.15, -0.1) is 0 Å². The highest BCUT2D eigenvalue weighted by atomic mass is 16.5. The minimum absolute atomic E-state index is 0.0590. The third-order valence-corrected chi connectivity index (χ3v) is 3.98. The van der Waals surface area contributed by atoms with Crippen molar-refractivity contribution < 1.29 is 14.3 Å². The first-order valence-electron chi connectivity index (χ1n) is 8.11. The van der Waals surface area contributed by atoms with Crippen molar-refractivity contribution >= 4 is 11.9 Å². The molecule has 1 atom stereocenters. The third-order valence-electron chi connectivity index (χ3n) is 3.98. The van der Waals surface area contributed by atoms with Gasteiger partial charge in [-0.2, -0.15) is 0 Å². The summed E-state index contributed by atoms with van der Waals surface area (Å²) >= 11 is 0. The van der Waals surface area contributed by atoms with E-state index in [9.17, 15) is 9.59 Å². The lowest BCUT2D eigenvalue weighted by Crippen LogP contribution is -2.34. The van der Waals surface area contributed by atoms with Crippen LogP contribution in [0.15, 0.2) is 30.3 Å². The summed E-state index contributed by atoms with van der Waals surface area (Å²) in [5, 5.41) is 3.04. The van der Waals surface area contributed by atoms with Crippen LogP contribution in [0.25, 0.3) is 0 Å². The number of benzene rings is 1. The van der Waals surface area contributed by atoms with Gasteiger partial charge in [-0.3, -0.25) is 9.59 Å². The molecular formula is C18H25NO3. The number of esters is 1. The fourth-order valence-corrected chi connectivity index (χ4v) is 2.89. The zero-order valence-corrected chi connectivity index (χ0v) is 13.4. The highest BCUT2D eigenvalue weighted by Gasteiger charge is 2.26. The van der Waals surface area contributed by atoms with Crippen molar-refractivity contribution in [2.45, 2.75) is 58.1 Å². The zero-order valence-electron chi connectivity index (χ0n) is 13.4. The lowest BCUT2D eigenvalue weighted by atomic mass is 10.0. The maximum atomic E-state index is 12.4. The van der Waals surface area contributed by atoms with Crippen molar-refractivity contribution in [1.29, 1.82) is 0 Å². The van der Waals surface area contributed by atoms with Crippen LogP contribution in [0.3, 0.4) is 0 Å². The topological polar surface area (TPSA) is 55.4 Å². The van der Waals surface area contributed by atoms with Crippen LogP contribution in [-0.4, -0.2) is 18.0 Å². The van der Waals surface area contributed by atoms with Gasteiger partial charge in [-0.25, -0.2) is 0 Å². The number of hydrogen-bond donors (Lipinski definition) is 1. The predicted octanol–water partition coefficient (Wildman–Crippen LogP) is 3.38. The molecule has 1 unspecified atom stereocenters. The summed E-state index contributed by atoms with van der Waals surface area (Å²) in [7, 11) is 0. The van der Waals surface area contributed by atoms with Crippen molar-refractivity contribution in [3.05, 3.63) is 35.9 Å². The number of rotatable bonds is 6. The smallest absolute Gasteiger partial charge is 0.308 e. The van der Waals surface area contributed by atoms with E-state index in [1.54, 1.807) is 0 Å². The van der Waals surface area contributed by atoms with E-state index in [1.807, 2.05) is 44.2 Å². The van der Waals surface area contributed by atoms with E-state index in [0.717, 1.165) is 31.2 Å². The van der Waals surface area contributed by atoms with Gasteiger partial charge in [-0.1, -0.05) is 43.2 Å². The van der Waals surface area contributed by atoms with Crippen LogP contribution in [-0.2, 0) is 14.3 Å². The van der Waals surface area contributed by atoms with E-state index >= 15 is 0 Å². The van der Waals surface area contributed by atoms with E-state index < -0.39 is 0 Å². The molecule has 1 aromatic carbocycles. The first kappa shape index (κ1) is 16.5. The Labute approximate surface area is 132 Å². The quantitative estimate of drug-likeness (QED) is 0.820. The largest absolute Gasteiger partial charge is 0.463 e. The van der Waals surface area contributed by atoms with Gasteiger partial charge in [-0.05, 0) is 32.3 Å². The second-order valence-electron chi connectivity index (χ2n) is 6.20. The molecule has 0 heterocycles. The summed E-state index contributed by atoms with van der Waals surface area (Å²) in [6.07, 6.45) is 4.15. The Bertz CT molecular complexity index is 492. The van der Waals surface area contributed by atoms with Gasteiger partial charge in [0, 0.05) is 5.92 Å². The highest BCUT2D eigenvalue weighted by molar-refractivity contribution is 5.80. The Kier molecular flexibility index (Phi) is 5.99. The minimum Gasteiger partial charge on any atom is -0.463 e. The van der Waals surface area contributed by atoms with E-state index in [4.69, 9.17) is 4.74 Å². The van der Waals surface area contributed by atoms with Gasteiger partial charge in [0.05, 0.1) is 18.6 Å². The number of carbonyl (C=O) groups excluding carboxylic acids is 2. The van der Waals surface area contributed by atoms with Crippen LogP contribution in [0, 0.1) is 5.92 Å². The molecule has 1 N–H and O–H groups in total. The van der Waals surface area contributed by atoms with Gasteiger partial charge in [0.25, 0.3) is 0 Å². The van der Waals surface area contributed by atoms with Crippen LogP contribution >= 0.6 is 0 Å². The molecule has 0 bridgehead atoms. The summed E-state index contributed by atoms with van der Waals surface area (Å²) < 4.78 is 5.22. The molecule has 22 heavy (non-hydrogen) atoms. The lowest BCUT2D eigenvalue weighted by Gasteiger charge is -2.21. The molecule has 1 aromatic rings. The highest BCUT2D eigenvalue weighted by Crippen LogP contribution is 2.26. The van der Waals surface area contributed by atoms with Gasteiger partial charge < -0.3 is 10.1 Å². The molecule has 120 valence electrons. The molecule has 2 rings (SSSR count). The monoisotopic (exact) mass is 303 g/mol. The summed E-state index contributed by atoms with van der Waals surface area (Å²) in [6.45, 7) is 3.65. The summed E-state index contributed by atoms with van der Waals surface area (Å²) in [5.74, 6) is -0.133. The number of amides is 1. The molecule has 0 aromatic heterocycles. The zero-order chi connectivity index (χ0) is 15.9. The first-order valence-corrected chi connectivity index (χ1v) is 8.11. The second-order valence-corrected chi connectivity index (χ2v) is 6.20. The molecule has 0 saturated heterocycles. The maximum absolute atomic E-state index is 12.4. The van der Waals surface area contributed by atoms with Crippen LogP contribution in [0.5, 0.6) is 0 Å². The van der Waals surface area contributed by atoms with Crippen LogP contribution in [0.4, 0.5) is 0 Å². The fourth-order valence-electron chi connectivity index (χ4n) is 2.89. The van der Waals surface area contributed by atoms with E-state index in [-0.39, 0.29) is 36.4 Å². The number of carbonyl (C=O) groups is 2. The molecule has 1 aliphatic rings. The molecule has 4 heteroatoms. The van der Waals surface area contributed by atoms with Crippen molar-refractivity contribution in [1.82, 2.24) is 5.32 Å². The van der Waals surface area contributed by atoms with E-state index in [2.05, 4.69) is 5.32 Å². The Morgan fingerprint density at radius 3 is 2.41 bits per heavy atom. The Hall–Kier alpha value is -1.84. The van der Waals surface area contributed by atoms with Crippen LogP contribution in [0.2, 0.25) is 0 Å². The summed E-state index contributed by atoms with van der Waals surface area (Å²) in [4.78, 5) is 24.3. The third kappa shape index (κ3) is 4.86. The normalized spacial score (nSPS) is 16.5. The minimum atomic E-state index is -0.319. The Balaban J connectivity index is 2.04. The number of hydrogen-bond acceptors (Lipinski definition) is 3. The van der Waals surface area contributed by atoms with E-state index in [1.165, 1.54) is 0 Å². The first-order chi connectivity index (χ1) is 10.6. The van der Waals surface area contributed by atoms with Gasteiger partial charge >= 0.3 is 5.97 Å². The Morgan fingerprint density at radius 1 is 1.18 bits per heavy atom. The summed E-state index contributed by atoms with van der Waals surface area (Å²) in [6, 6.07) is 9.30. The van der Waals surface area contributed by atoms with Crippen molar-refractivity contribution in [2.75, 3.05) is 0 Å². The second kappa shape index (κ2) is 7.97. The Morgan fingerprint density at radius 2 is 1.82 bits per heavy atom. The molecule has 0 aliphatic heterocycles. The fraction of sp³-hybridized carbons (Fsp3) is 0.556. The lowest BCUT2D eigenvalue weighted by molar-refractivity contribution is -0.148. The van der Waals surface area contributed by atoms with Crippen LogP contribution in [0.1, 0.15) is 57.6 Å². The average molecular weight is 303 g/mol. The molecule has 1 fully saturated rings. The average Bonchev–Trinajstić information content (AvgIpc) is 3.01. The van der Waals surface area contributed by atoms with Gasteiger partial charge in [0.1, 0.15) is 0 Å². The maximum Gasteiger partial charge on any atom is 0.308 e. The van der Waals surface area contributed by atoms with Crippen molar-refractivity contribution in [3.63, 3.8) is 0 Å². The van der Waals surface area contributed by atoms with Crippen molar-refractivity contribution in [3.8, 4) is 0 Å². The molecule has 0 radical (unpaired) electrons. The predicted molar refractivity (Wildman–Crippen MR) is 85.1 cm³/mol. The molecule has 1 aliphatic carbocycles. The SMILES string of the molecule is CC(C)OC(=O)CC(NC(=O)C1CCCC1)c1ccccc1.